The zero-order chi connectivity index (χ0) is 22.0. The van der Waals surface area contributed by atoms with Crippen molar-refractivity contribution in [3.63, 3.8) is 0 Å². The fourth-order valence-electron chi connectivity index (χ4n) is 3.55. The maximum absolute atomic E-state index is 13.4. The van der Waals surface area contributed by atoms with Crippen LogP contribution in [0, 0.1) is 10.1 Å². The van der Waals surface area contributed by atoms with Gasteiger partial charge in [-0.05, 0) is 41.5 Å². The summed E-state index contributed by atoms with van der Waals surface area (Å²) < 4.78 is 0. The molecule has 0 unspecified atom stereocenters. The van der Waals surface area contributed by atoms with Crippen molar-refractivity contribution >= 4 is 23.1 Å². The largest absolute Gasteiger partial charge is 0.507 e. The highest BCUT2D eigenvalue weighted by Gasteiger charge is 2.31. The predicted octanol–water partition coefficient (Wildman–Crippen LogP) is 6.52. The van der Waals surface area contributed by atoms with Gasteiger partial charge in [0, 0.05) is 10.6 Å². The Morgan fingerprint density at radius 3 is 1.94 bits per heavy atom. The van der Waals surface area contributed by atoms with Crippen LogP contribution in [-0.2, 0) is 0 Å². The molecule has 4 aromatic carbocycles. The highest BCUT2D eigenvalue weighted by molar-refractivity contribution is 6.30. The Morgan fingerprint density at radius 1 is 0.839 bits per heavy atom. The molecule has 0 saturated heterocycles. The summed E-state index contributed by atoms with van der Waals surface area (Å²) in [4.78, 5) is 25.1. The summed E-state index contributed by atoms with van der Waals surface area (Å²) in [6.45, 7) is 0. The van der Waals surface area contributed by atoms with Crippen molar-refractivity contribution in [2.75, 3.05) is 0 Å². The molecule has 6 heteroatoms. The SMILES string of the molecule is O=C(c1ccc(Cl)cc1)c1c(O)cc(-c2ccccc2)c([N+](=O)[O-])c1-c1ccccc1. The zero-order valence-corrected chi connectivity index (χ0v) is 16.9. The molecule has 1 N–H and O–H groups in total. The summed E-state index contributed by atoms with van der Waals surface area (Å²) in [5, 5.41) is 23.6. The number of ketones is 1. The molecule has 0 aromatic heterocycles. The van der Waals surface area contributed by atoms with Crippen molar-refractivity contribution in [1.82, 2.24) is 0 Å². The molecule has 0 amide bonds. The molecule has 4 aromatic rings. The summed E-state index contributed by atoms with van der Waals surface area (Å²) in [6, 6.07) is 24.8. The first-order valence-corrected chi connectivity index (χ1v) is 9.80. The molecule has 0 heterocycles. The van der Waals surface area contributed by atoms with Crippen LogP contribution in [-0.4, -0.2) is 15.8 Å². The van der Waals surface area contributed by atoms with Crippen LogP contribution in [0.1, 0.15) is 15.9 Å². The lowest BCUT2D eigenvalue weighted by Gasteiger charge is -2.15. The third-order valence-electron chi connectivity index (χ3n) is 4.94. The van der Waals surface area contributed by atoms with Gasteiger partial charge in [-0.1, -0.05) is 72.3 Å². The lowest BCUT2D eigenvalue weighted by molar-refractivity contribution is -0.383. The average Bonchev–Trinajstić information content (AvgIpc) is 2.79. The first-order valence-electron chi connectivity index (χ1n) is 9.43. The molecule has 0 aliphatic carbocycles. The molecule has 4 rings (SSSR count). The van der Waals surface area contributed by atoms with E-state index in [9.17, 15) is 20.0 Å². The van der Waals surface area contributed by atoms with E-state index in [-0.39, 0.29) is 33.7 Å². The first-order chi connectivity index (χ1) is 15.0. The Bertz CT molecular complexity index is 1270. The molecule has 0 atom stereocenters. The van der Waals surface area contributed by atoms with Gasteiger partial charge in [-0.15, -0.1) is 0 Å². The summed E-state index contributed by atoms with van der Waals surface area (Å²) in [5.41, 5.74) is 1.22. The van der Waals surface area contributed by atoms with Crippen LogP contribution in [0.3, 0.4) is 0 Å². The van der Waals surface area contributed by atoms with Gasteiger partial charge in [0.05, 0.1) is 21.6 Å². The predicted molar refractivity (Wildman–Crippen MR) is 121 cm³/mol. The van der Waals surface area contributed by atoms with Crippen molar-refractivity contribution in [2.45, 2.75) is 0 Å². The molecule has 0 spiro atoms. The molecular formula is C25H16ClNO4. The monoisotopic (exact) mass is 429 g/mol. The molecule has 0 bridgehead atoms. The standard InChI is InChI=1S/C25H16ClNO4/c26-19-13-11-18(12-14-19)25(29)23-21(28)15-20(16-7-3-1-4-8-16)24(27(30)31)22(23)17-9-5-2-6-10-17/h1-15,28H. The summed E-state index contributed by atoms with van der Waals surface area (Å²) >= 11 is 5.93. The van der Waals surface area contributed by atoms with Gasteiger partial charge in [0.1, 0.15) is 5.75 Å². The van der Waals surface area contributed by atoms with Gasteiger partial charge >= 0.3 is 0 Å². The Kier molecular flexibility index (Phi) is 5.52. The van der Waals surface area contributed by atoms with E-state index in [4.69, 9.17) is 11.6 Å². The number of hydrogen-bond acceptors (Lipinski definition) is 4. The van der Waals surface area contributed by atoms with E-state index in [2.05, 4.69) is 0 Å². The number of phenolic OH excluding ortho intramolecular Hbond substituents is 1. The van der Waals surface area contributed by atoms with Crippen LogP contribution < -0.4 is 0 Å². The van der Waals surface area contributed by atoms with Crippen molar-refractivity contribution in [1.29, 1.82) is 0 Å². The van der Waals surface area contributed by atoms with Crippen LogP contribution in [0.4, 0.5) is 5.69 Å². The summed E-state index contributed by atoms with van der Waals surface area (Å²) in [6.07, 6.45) is 0. The number of aromatic hydroxyl groups is 1. The minimum atomic E-state index is -0.532. The van der Waals surface area contributed by atoms with Gasteiger partial charge in [-0.3, -0.25) is 14.9 Å². The lowest BCUT2D eigenvalue weighted by Crippen LogP contribution is -2.08. The quantitative estimate of drug-likeness (QED) is 0.222. The molecule has 31 heavy (non-hydrogen) atoms. The number of rotatable bonds is 5. The normalized spacial score (nSPS) is 10.6. The average molecular weight is 430 g/mol. The number of nitrogens with zero attached hydrogens (tertiary/aromatic N) is 1. The Hall–Kier alpha value is -3.96. The third kappa shape index (κ3) is 3.91. The molecule has 0 aliphatic heterocycles. The van der Waals surface area contributed by atoms with E-state index in [0.717, 1.165) is 0 Å². The zero-order valence-electron chi connectivity index (χ0n) is 16.2. The van der Waals surface area contributed by atoms with Crippen LogP contribution in [0.5, 0.6) is 5.75 Å². The number of carbonyl (C=O) groups excluding carboxylic acids is 1. The molecular weight excluding hydrogens is 414 g/mol. The van der Waals surface area contributed by atoms with E-state index < -0.39 is 10.7 Å². The van der Waals surface area contributed by atoms with Gasteiger partial charge < -0.3 is 5.11 Å². The number of phenols is 1. The lowest BCUT2D eigenvalue weighted by atomic mass is 9.88. The number of nitro groups is 1. The fourth-order valence-corrected chi connectivity index (χ4v) is 3.67. The Morgan fingerprint density at radius 2 is 1.39 bits per heavy atom. The van der Waals surface area contributed by atoms with Crippen molar-refractivity contribution in [3.05, 3.63) is 117 Å². The Labute approximate surface area is 183 Å². The molecule has 0 saturated carbocycles. The van der Waals surface area contributed by atoms with Gasteiger partial charge in [-0.2, -0.15) is 0 Å². The second-order valence-electron chi connectivity index (χ2n) is 6.87. The van der Waals surface area contributed by atoms with Crippen molar-refractivity contribution in [2.24, 2.45) is 0 Å². The van der Waals surface area contributed by atoms with E-state index in [1.54, 1.807) is 72.8 Å². The number of benzene rings is 4. The van der Waals surface area contributed by atoms with E-state index in [1.807, 2.05) is 0 Å². The first kappa shape index (κ1) is 20.3. The highest BCUT2D eigenvalue weighted by Crippen LogP contribution is 2.45. The maximum atomic E-state index is 13.4. The van der Waals surface area contributed by atoms with Crippen LogP contribution >= 0.6 is 11.6 Å². The Balaban J connectivity index is 2.08. The fraction of sp³-hybridized carbons (Fsp3) is 0. The second-order valence-corrected chi connectivity index (χ2v) is 7.30. The summed E-state index contributed by atoms with van der Waals surface area (Å²) in [5.74, 6) is -0.862. The van der Waals surface area contributed by atoms with E-state index >= 15 is 0 Å². The highest BCUT2D eigenvalue weighted by atomic mass is 35.5. The smallest absolute Gasteiger partial charge is 0.285 e. The van der Waals surface area contributed by atoms with Gasteiger partial charge in [0.2, 0.25) is 0 Å². The molecule has 5 nitrogen and oxygen atoms in total. The van der Waals surface area contributed by atoms with Crippen LogP contribution in [0.2, 0.25) is 5.02 Å². The molecule has 0 aliphatic rings. The maximum Gasteiger partial charge on any atom is 0.285 e. The van der Waals surface area contributed by atoms with Gasteiger partial charge in [-0.25, -0.2) is 0 Å². The number of halogens is 1. The van der Waals surface area contributed by atoms with Crippen LogP contribution in [0.25, 0.3) is 22.3 Å². The third-order valence-corrected chi connectivity index (χ3v) is 5.19. The number of hydrogen-bond donors (Lipinski definition) is 1. The van der Waals surface area contributed by atoms with Crippen LogP contribution in [0.15, 0.2) is 91.0 Å². The van der Waals surface area contributed by atoms with Crippen molar-refractivity contribution in [3.8, 4) is 28.0 Å². The minimum Gasteiger partial charge on any atom is -0.507 e. The van der Waals surface area contributed by atoms with Gasteiger partial charge in [0.25, 0.3) is 5.69 Å². The summed E-state index contributed by atoms with van der Waals surface area (Å²) in [7, 11) is 0. The van der Waals surface area contributed by atoms with Gasteiger partial charge in [0.15, 0.2) is 5.78 Å². The molecule has 152 valence electrons. The van der Waals surface area contributed by atoms with Crippen molar-refractivity contribution < 1.29 is 14.8 Å². The minimum absolute atomic E-state index is 0.0735. The second kappa shape index (κ2) is 8.42. The molecule has 0 fully saturated rings. The number of nitro benzene ring substituents is 1. The van der Waals surface area contributed by atoms with E-state index in [0.29, 0.717) is 16.1 Å². The topological polar surface area (TPSA) is 80.4 Å². The molecule has 0 radical (unpaired) electrons. The van der Waals surface area contributed by atoms with E-state index in [1.165, 1.54) is 18.2 Å². The number of carbonyl (C=O) groups is 1.